The number of fused-ring (bicyclic) bond motifs is 1. The Bertz CT molecular complexity index is 444. The Labute approximate surface area is 96.6 Å². The first-order chi connectivity index (χ1) is 7.31. The minimum atomic E-state index is 0.229. The van der Waals surface area contributed by atoms with Gasteiger partial charge in [-0.05, 0) is 17.9 Å². The van der Waals surface area contributed by atoms with Gasteiger partial charge >= 0.3 is 0 Å². The summed E-state index contributed by atoms with van der Waals surface area (Å²) in [6.07, 6.45) is 2.39. The maximum atomic E-state index is 8.84. The van der Waals surface area contributed by atoms with Crippen LogP contribution in [0.25, 0.3) is 10.2 Å². The van der Waals surface area contributed by atoms with Crippen LogP contribution in [0.2, 0.25) is 0 Å². The SMILES string of the molecule is CC(CCO)Sc1ncnc2ccsc12. The van der Waals surface area contributed by atoms with Gasteiger partial charge in [-0.1, -0.05) is 6.92 Å². The summed E-state index contributed by atoms with van der Waals surface area (Å²) in [4.78, 5) is 8.47. The maximum absolute atomic E-state index is 8.84. The van der Waals surface area contributed by atoms with Crippen LogP contribution in [-0.4, -0.2) is 26.9 Å². The van der Waals surface area contributed by atoms with E-state index in [9.17, 15) is 0 Å². The fourth-order valence-corrected chi connectivity index (χ4v) is 3.22. The summed E-state index contributed by atoms with van der Waals surface area (Å²) in [5.74, 6) is 0. The molecular formula is C10H12N2OS2. The van der Waals surface area contributed by atoms with E-state index in [0.29, 0.717) is 5.25 Å². The van der Waals surface area contributed by atoms with E-state index in [2.05, 4.69) is 16.9 Å². The van der Waals surface area contributed by atoms with Crippen molar-refractivity contribution >= 4 is 33.3 Å². The predicted molar refractivity (Wildman–Crippen MR) is 64.4 cm³/mol. The molecule has 0 spiro atoms. The molecule has 5 heteroatoms. The standard InChI is InChI=1S/C10H12N2OS2/c1-7(2-4-13)15-10-9-8(3-5-14-9)11-6-12-10/h3,5-7,13H,2,4H2,1H3. The predicted octanol–water partition coefficient (Wildman–Crippen LogP) is 2.55. The van der Waals surface area contributed by atoms with E-state index in [1.807, 2.05) is 11.4 Å². The van der Waals surface area contributed by atoms with Crippen molar-refractivity contribution in [3.8, 4) is 0 Å². The summed E-state index contributed by atoms with van der Waals surface area (Å²) in [5.41, 5.74) is 1.01. The quantitative estimate of drug-likeness (QED) is 0.659. The van der Waals surface area contributed by atoms with Gasteiger partial charge in [-0.2, -0.15) is 0 Å². The minimum Gasteiger partial charge on any atom is -0.396 e. The van der Waals surface area contributed by atoms with E-state index in [4.69, 9.17) is 5.11 Å². The van der Waals surface area contributed by atoms with Crippen molar-refractivity contribution in [2.24, 2.45) is 0 Å². The van der Waals surface area contributed by atoms with Gasteiger partial charge in [0.25, 0.3) is 0 Å². The van der Waals surface area contributed by atoms with E-state index in [1.54, 1.807) is 29.4 Å². The monoisotopic (exact) mass is 240 g/mol. The minimum absolute atomic E-state index is 0.229. The molecule has 0 fully saturated rings. The average Bonchev–Trinajstić information content (AvgIpc) is 2.67. The highest BCUT2D eigenvalue weighted by Gasteiger charge is 2.09. The summed E-state index contributed by atoms with van der Waals surface area (Å²) >= 11 is 3.37. The lowest BCUT2D eigenvalue weighted by Crippen LogP contribution is -1.99. The molecule has 1 unspecified atom stereocenters. The van der Waals surface area contributed by atoms with Gasteiger partial charge in [0.1, 0.15) is 11.4 Å². The van der Waals surface area contributed by atoms with Crippen LogP contribution in [0.5, 0.6) is 0 Å². The van der Waals surface area contributed by atoms with Gasteiger partial charge in [-0.15, -0.1) is 23.1 Å². The van der Waals surface area contributed by atoms with Crippen LogP contribution >= 0.6 is 23.1 Å². The van der Waals surface area contributed by atoms with Crippen LogP contribution in [0, 0.1) is 0 Å². The van der Waals surface area contributed by atoms with E-state index < -0.39 is 0 Å². The van der Waals surface area contributed by atoms with Crippen LogP contribution in [-0.2, 0) is 0 Å². The third-order valence-corrected chi connectivity index (χ3v) is 4.27. The molecule has 3 nitrogen and oxygen atoms in total. The molecule has 2 rings (SSSR count). The van der Waals surface area contributed by atoms with E-state index in [1.165, 1.54) is 0 Å². The fourth-order valence-electron chi connectivity index (χ4n) is 1.28. The molecule has 0 aromatic carbocycles. The largest absolute Gasteiger partial charge is 0.396 e. The van der Waals surface area contributed by atoms with Crippen molar-refractivity contribution in [1.29, 1.82) is 0 Å². The molecule has 0 amide bonds. The Morgan fingerprint density at radius 2 is 2.40 bits per heavy atom. The molecule has 1 N–H and O–H groups in total. The summed E-state index contributed by atoms with van der Waals surface area (Å²) in [7, 11) is 0. The van der Waals surface area contributed by atoms with E-state index in [0.717, 1.165) is 21.7 Å². The number of hydrogen-bond donors (Lipinski definition) is 1. The lowest BCUT2D eigenvalue weighted by atomic mass is 10.3. The fraction of sp³-hybridized carbons (Fsp3) is 0.400. The topological polar surface area (TPSA) is 46.0 Å². The van der Waals surface area contributed by atoms with Crippen molar-refractivity contribution in [2.45, 2.75) is 23.6 Å². The van der Waals surface area contributed by atoms with Crippen molar-refractivity contribution < 1.29 is 5.11 Å². The second kappa shape index (κ2) is 4.92. The molecule has 0 bridgehead atoms. The molecule has 2 aromatic rings. The number of hydrogen-bond acceptors (Lipinski definition) is 5. The van der Waals surface area contributed by atoms with E-state index in [-0.39, 0.29) is 6.61 Å². The smallest absolute Gasteiger partial charge is 0.118 e. The van der Waals surface area contributed by atoms with Crippen LogP contribution in [0.1, 0.15) is 13.3 Å². The third kappa shape index (κ3) is 2.48. The number of aliphatic hydroxyl groups excluding tert-OH is 1. The highest BCUT2D eigenvalue weighted by atomic mass is 32.2. The van der Waals surface area contributed by atoms with Gasteiger partial charge in [-0.25, -0.2) is 9.97 Å². The highest BCUT2D eigenvalue weighted by molar-refractivity contribution is 8.00. The molecule has 80 valence electrons. The van der Waals surface area contributed by atoms with Gasteiger partial charge in [-0.3, -0.25) is 0 Å². The zero-order valence-corrected chi connectivity index (χ0v) is 10.0. The molecule has 15 heavy (non-hydrogen) atoms. The summed E-state index contributed by atoms with van der Waals surface area (Å²) in [5, 5.41) is 12.3. The Morgan fingerprint density at radius 3 is 3.20 bits per heavy atom. The van der Waals surface area contributed by atoms with Crippen LogP contribution in [0.4, 0.5) is 0 Å². The molecule has 0 saturated heterocycles. The van der Waals surface area contributed by atoms with Crippen LogP contribution in [0.15, 0.2) is 22.8 Å². The van der Waals surface area contributed by atoms with Crippen LogP contribution < -0.4 is 0 Å². The van der Waals surface area contributed by atoms with Gasteiger partial charge in [0.2, 0.25) is 0 Å². The molecule has 0 radical (unpaired) electrons. The van der Waals surface area contributed by atoms with Gasteiger partial charge < -0.3 is 5.11 Å². The second-order valence-electron chi connectivity index (χ2n) is 3.25. The number of thiophene rings is 1. The maximum Gasteiger partial charge on any atom is 0.118 e. The molecule has 0 saturated carbocycles. The van der Waals surface area contributed by atoms with Crippen molar-refractivity contribution in [3.05, 3.63) is 17.8 Å². The first kappa shape index (κ1) is 10.9. The average molecular weight is 240 g/mol. The van der Waals surface area contributed by atoms with Crippen molar-refractivity contribution in [1.82, 2.24) is 9.97 Å². The Morgan fingerprint density at radius 1 is 1.53 bits per heavy atom. The Balaban J connectivity index is 2.23. The van der Waals surface area contributed by atoms with Crippen molar-refractivity contribution in [3.63, 3.8) is 0 Å². The summed E-state index contributed by atoms with van der Waals surface area (Å²) in [6, 6.07) is 2.00. The van der Waals surface area contributed by atoms with Crippen LogP contribution in [0.3, 0.4) is 0 Å². The molecule has 2 aromatic heterocycles. The molecule has 2 heterocycles. The second-order valence-corrected chi connectivity index (χ2v) is 5.60. The number of thioether (sulfide) groups is 1. The lowest BCUT2D eigenvalue weighted by molar-refractivity contribution is 0.289. The number of aliphatic hydroxyl groups is 1. The highest BCUT2D eigenvalue weighted by Crippen LogP contribution is 2.31. The Hall–Kier alpha value is -0.650. The zero-order chi connectivity index (χ0) is 10.7. The molecular weight excluding hydrogens is 228 g/mol. The van der Waals surface area contributed by atoms with Gasteiger partial charge in [0.15, 0.2) is 0 Å². The molecule has 0 aliphatic carbocycles. The summed E-state index contributed by atoms with van der Waals surface area (Å²) in [6.45, 7) is 2.33. The number of nitrogens with zero attached hydrogens (tertiary/aromatic N) is 2. The normalized spacial score (nSPS) is 13.2. The number of rotatable bonds is 4. The third-order valence-electron chi connectivity index (χ3n) is 2.06. The molecule has 1 atom stereocenters. The van der Waals surface area contributed by atoms with Gasteiger partial charge in [0, 0.05) is 11.9 Å². The first-order valence-electron chi connectivity index (χ1n) is 4.77. The molecule has 0 aliphatic rings. The zero-order valence-electron chi connectivity index (χ0n) is 8.38. The van der Waals surface area contributed by atoms with Gasteiger partial charge in [0.05, 0.1) is 10.2 Å². The Kier molecular flexibility index (Phi) is 3.56. The summed E-state index contributed by atoms with van der Waals surface area (Å²) < 4.78 is 1.15. The van der Waals surface area contributed by atoms with E-state index >= 15 is 0 Å². The molecule has 0 aliphatic heterocycles. The number of aromatic nitrogens is 2. The lowest BCUT2D eigenvalue weighted by Gasteiger charge is -2.08. The first-order valence-corrected chi connectivity index (χ1v) is 6.53. The van der Waals surface area contributed by atoms with Crippen molar-refractivity contribution in [2.75, 3.05) is 6.61 Å².